The number of fused-ring (bicyclic) bond motifs is 1. The van der Waals surface area contributed by atoms with E-state index in [9.17, 15) is 0 Å². The Hall–Kier alpha value is -3.45. The lowest BCUT2D eigenvalue weighted by molar-refractivity contribution is 0.149. The van der Waals surface area contributed by atoms with Crippen LogP contribution in [0.2, 0.25) is 0 Å². The minimum Gasteiger partial charge on any atom is -0.363 e. The van der Waals surface area contributed by atoms with Crippen molar-refractivity contribution in [1.82, 2.24) is 25.1 Å². The van der Waals surface area contributed by atoms with E-state index >= 15 is 0 Å². The summed E-state index contributed by atoms with van der Waals surface area (Å²) in [7, 11) is 1.94. The van der Waals surface area contributed by atoms with Crippen LogP contribution in [0, 0.1) is 5.41 Å². The molecule has 7 nitrogen and oxygen atoms in total. The summed E-state index contributed by atoms with van der Waals surface area (Å²) in [6, 6.07) is 13.2. The van der Waals surface area contributed by atoms with Gasteiger partial charge < -0.3 is 15.5 Å². The molecule has 4 aromatic rings. The van der Waals surface area contributed by atoms with Gasteiger partial charge in [0, 0.05) is 55.1 Å². The first kappa shape index (κ1) is 22.0. The zero-order valence-corrected chi connectivity index (χ0v) is 20.5. The standard InChI is InChI=1S/C28H33N7/c1-3-25(21-6-9-30-27(14-21)35-18-28(19-35)7-10-29-11-8-28)33-26-13-23-12-20(4-5-22(23)15-31-26)24-16-32-34(2)17-24/h4-6,9,12-17,25,29H,3,7-8,10-11,18-19H2,1-2H3,(H,31,33). The van der Waals surface area contributed by atoms with Crippen molar-refractivity contribution >= 4 is 22.4 Å². The van der Waals surface area contributed by atoms with E-state index < -0.39 is 0 Å². The molecule has 0 radical (unpaired) electrons. The average Bonchev–Trinajstić information content (AvgIpc) is 3.32. The summed E-state index contributed by atoms with van der Waals surface area (Å²) in [5.41, 5.74) is 4.04. The number of aryl methyl sites for hydroxylation is 1. The number of aromatic nitrogens is 4. The molecule has 1 unspecified atom stereocenters. The largest absolute Gasteiger partial charge is 0.363 e. The molecule has 1 atom stereocenters. The quantitative estimate of drug-likeness (QED) is 0.425. The Morgan fingerprint density at radius 2 is 1.86 bits per heavy atom. The topological polar surface area (TPSA) is 70.9 Å². The third-order valence-electron chi connectivity index (χ3n) is 7.70. The molecule has 0 amide bonds. The van der Waals surface area contributed by atoms with Crippen LogP contribution in [-0.4, -0.2) is 45.9 Å². The molecule has 0 saturated carbocycles. The Bertz CT molecular complexity index is 1330. The molecular formula is C28H33N7. The van der Waals surface area contributed by atoms with Gasteiger partial charge in [0.2, 0.25) is 0 Å². The van der Waals surface area contributed by atoms with E-state index in [1.165, 1.54) is 23.8 Å². The summed E-state index contributed by atoms with van der Waals surface area (Å²) in [5, 5.41) is 13.8. The molecule has 0 aliphatic carbocycles. The molecule has 2 aliphatic rings. The highest BCUT2D eigenvalue weighted by Crippen LogP contribution is 2.41. The van der Waals surface area contributed by atoms with Gasteiger partial charge >= 0.3 is 0 Å². The van der Waals surface area contributed by atoms with Gasteiger partial charge in [-0.3, -0.25) is 4.68 Å². The number of nitrogens with one attached hydrogen (secondary N) is 2. The number of nitrogens with zero attached hydrogens (tertiary/aromatic N) is 5. The fraction of sp³-hybridized carbons (Fsp3) is 0.393. The second-order valence-corrected chi connectivity index (χ2v) is 10.2. The summed E-state index contributed by atoms with van der Waals surface area (Å²) in [6.07, 6.45) is 11.4. The lowest BCUT2D eigenvalue weighted by atomic mass is 9.72. The van der Waals surface area contributed by atoms with Crippen LogP contribution in [0.3, 0.4) is 0 Å². The lowest BCUT2D eigenvalue weighted by Crippen LogP contribution is -2.60. The Morgan fingerprint density at radius 1 is 1.00 bits per heavy atom. The van der Waals surface area contributed by atoms with Crippen molar-refractivity contribution in [2.24, 2.45) is 12.5 Å². The molecule has 35 heavy (non-hydrogen) atoms. The molecule has 1 aromatic carbocycles. The summed E-state index contributed by atoms with van der Waals surface area (Å²) in [5.74, 6) is 1.99. The number of hydrogen-bond acceptors (Lipinski definition) is 6. The number of anilines is 2. The highest BCUT2D eigenvalue weighted by molar-refractivity contribution is 5.88. The summed E-state index contributed by atoms with van der Waals surface area (Å²) < 4.78 is 1.83. The second-order valence-electron chi connectivity index (χ2n) is 10.2. The molecule has 2 aliphatic heterocycles. The van der Waals surface area contributed by atoms with Gasteiger partial charge in [0.25, 0.3) is 0 Å². The predicted octanol–water partition coefficient (Wildman–Crippen LogP) is 4.78. The van der Waals surface area contributed by atoms with Gasteiger partial charge in [-0.25, -0.2) is 9.97 Å². The van der Waals surface area contributed by atoms with E-state index in [0.717, 1.165) is 60.7 Å². The zero-order chi connectivity index (χ0) is 23.8. The van der Waals surface area contributed by atoms with Gasteiger partial charge in [-0.05, 0) is 73.1 Å². The monoisotopic (exact) mass is 467 g/mol. The molecular weight excluding hydrogens is 434 g/mol. The van der Waals surface area contributed by atoms with E-state index in [2.05, 4.69) is 64.0 Å². The third kappa shape index (κ3) is 4.36. The SMILES string of the molecule is CCC(Nc1cc2cc(-c3cnn(C)c3)ccc2cn1)c1ccnc(N2CC3(CCNCC3)C2)c1. The normalized spacial score (nSPS) is 17.9. The zero-order valence-electron chi connectivity index (χ0n) is 20.5. The Kier molecular flexibility index (Phi) is 5.65. The van der Waals surface area contributed by atoms with Crippen molar-refractivity contribution in [1.29, 1.82) is 0 Å². The van der Waals surface area contributed by atoms with Crippen LogP contribution in [0.25, 0.3) is 21.9 Å². The summed E-state index contributed by atoms with van der Waals surface area (Å²) in [6.45, 7) is 6.76. The van der Waals surface area contributed by atoms with Gasteiger partial charge in [0.15, 0.2) is 0 Å². The third-order valence-corrected chi connectivity index (χ3v) is 7.70. The Morgan fingerprint density at radius 3 is 2.63 bits per heavy atom. The van der Waals surface area contributed by atoms with Crippen LogP contribution in [0.4, 0.5) is 11.6 Å². The lowest BCUT2D eigenvalue weighted by Gasteiger charge is -2.53. The molecule has 6 rings (SSSR count). The molecule has 1 spiro atoms. The second kappa shape index (κ2) is 8.96. The van der Waals surface area contributed by atoms with E-state index in [1.54, 1.807) is 0 Å². The van der Waals surface area contributed by atoms with Crippen LogP contribution in [0.5, 0.6) is 0 Å². The predicted molar refractivity (Wildman–Crippen MR) is 142 cm³/mol. The van der Waals surface area contributed by atoms with Gasteiger partial charge in [-0.15, -0.1) is 0 Å². The number of piperidine rings is 1. The number of hydrogen-bond donors (Lipinski definition) is 2. The molecule has 2 saturated heterocycles. The van der Waals surface area contributed by atoms with E-state index in [-0.39, 0.29) is 6.04 Å². The van der Waals surface area contributed by atoms with Crippen molar-refractivity contribution in [3.8, 4) is 11.1 Å². The molecule has 3 aromatic heterocycles. The minimum absolute atomic E-state index is 0.178. The molecule has 2 N–H and O–H groups in total. The molecule has 5 heterocycles. The fourth-order valence-corrected chi connectivity index (χ4v) is 5.59. The smallest absolute Gasteiger partial charge is 0.128 e. The van der Waals surface area contributed by atoms with Crippen LogP contribution >= 0.6 is 0 Å². The molecule has 2 fully saturated rings. The first-order valence-electron chi connectivity index (χ1n) is 12.7. The van der Waals surface area contributed by atoms with Gasteiger partial charge in [-0.2, -0.15) is 5.10 Å². The highest BCUT2D eigenvalue weighted by atomic mass is 15.3. The van der Waals surface area contributed by atoms with Gasteiger partial charge in [-0.1, -0.05) is 19.1 Å². The number of rotatable bonds is 6. The molecule has 7 heteroatoms. The first-order chi connectivity index (χ1) is 17.1. The first-order valence-corrected chi connectivity index (χ1v) is 12.7. The Labute approximate surface area is 206 Å². The van der Waals surface area contributed by atoms with Crippen LogP contribution < -0.4 is 15.5 Å². The van der Waals surface area contributed by atoms with Crippen molar-refractivity contribution < 1.29 is 0 Å². The number of pyridine rings is 2. The van der Waals surface area contributed by atoms with Crippen LogP contribution in [-0.2, 0) is 7.05 Å². The molecule has 180 valence electrons. The minimum atomic E-state index is 0.178. The Balaban J connectivity index is 1.20. The maximum absolute atomic E-state index is 4.71. The van der Waals surface area contributed by atoms with Gasteiger partial charge in [0.05, 0.1) is 12.2 Å². The van der Waals surface area contributed by atoms with Gasteiger partial charge in [0.1, 0.15) is 11.6 Å². The maximum atomic E-state index is 4.71. The van der Waals surface area contributed by atoms with E-state index in [1.807, 2.05) is 36.5 Å². The molecule has 0 bridgehead atoms. The average molecular weight is 468 g/mol. The summed E-state index contributed by atoms with van der Waals surface area (Å²) in [4.78, 5) is 11.9. The van der Waals surface area contributed by atoms with Crippen LogP contribution in [0.1, 0.15) is 37.8 Å². The van der Waals surface area contributed by atoms with Crippen molar-refractivity contribution in [2.75, 3.05) is 36.4 Å². The summed E-state index contributed by atoms with van der Waals surface area (Å²) >= 11 is 0. The number of benzene rings is 1. The fourth-order valence-electron chi connectivity index (χ4n) is 5.59. The van der Waals surface area contributed by atoms with Crippen molar-refractivity contribution in [3.05, 3.63) is 66.7 Å². The van der Waals surface area contributed by atoms with E-state index in [4.69, 9.17) is 9.97 Å². The van der Waals surface area contributed by atoms with E-state index in [0.29, 0.717) is 5.41 Å². The highest BCUT2D eigenvalue weighted by Gasteiger charge is 2.43. The van der Waals surface area contributed by atoms with Crippen molar-refractivity contribution in [2.45, 2.75) is 32.2 Å². The van der Waals surface area contributed by atoms with Crippen molar-refractivity contribution in [3.63, 3.8) is 0 Å². The van der Waals surface area contributed by atoms with Crippen LogP contribution in [0.15, 0.2) is 61.2 Å². The maximum Gasteiger partial charge on any atom is 0.128 e.